The van der Waals surface area contributed by atoms with Gasteiger partial charge in [-0.25, -0.2) is 4.79 Å². The molecule has 0 unspecified atom stereocenters. The van der Waals surface area contributed by atoms with Crippen molar-refractivity contribution in [1.29, 1.82) is 0 Å². The second-order valence-electron chi connectivity index (χ2n) is 7.14. The van der Waals surface area contributed by atoms with Crippen LogP contribution in [0.1, 0.15) is 21.5 Å². The molecular formula is C24H22N4O2S2. The van der Waals surface area contributed by atoms with Crippen LogP contribution in [0.2, 0.25) is 0 Å². The molecule has 2 heterocycles. The van der Waals surface area contributed by atoms with Gasteiger partial charge in [0, 0.05) is 11.1 Å². The number of aromatic nitrogens is 2. The van der Waals surface area contributed by atoms with Crippen LogP contribution < -0.4 is 10.6 Å². The maximum atomic E-state index is 12.3. The maximum Gasteiger partial charge on any atom is 0.340 e. The third-order valence-corrected chi connectivity index (χ3v) is 6.21. The predicted octanol–water partition coefficient (Wildman–Crippen LogP) is 5.56. The lowest BCUT2D eigenvalue weighted by atomic mass is 10.1. The summed E-state index contributed by atoms with van der Waals surface area (Å²) in [6.45, 7) is 2.76. The standard InChI is InChI=1S/C24H22N4O2S2/c1-16-8-6-7-11-18(16)14-28-15-19(13-25-28)26-24(31)27-22-20(23(29)30-2)12-21(32-22)17-9-4-3-5-10-17/h3-13,15H,14H2,1-2H3,(H2,26,27,31). The third-order valence-electron chi connectivity index (χ3n) is 4.91. The van der Waals surface area contributed by atoms with Crippen molar-refractivity contribution in [3.63, 3.8) is 0 Å². The molecule has 0 aliphatic carbocycles. The Morgan fingerprint density at radius 3 is 2.62 bits per heavy atom. The van der Waals surface area contributed by atoms with Gasteiger partial charge < -0.3 is 15.4 Å². The highest BCUT2D eigenvalue weighted by Crippen LogP contribution is 2.36. The lowest BCUT2D eigenvalue weighted by Crippen LogP contribution is -2.19. The molecule has 0 fully saturated rings. The quantitative estimate of drug-likeness (QED) is 0.289. The Morgan fingerprint density at radius 1 is 1.12 bits per heavy atom. The van der Waals surface area contributed by atoms with Crippen molar-refractivity contribution in [2.24, 2.45) is 0 Å². The van der Waals surface area contributed by atoms with Crippen molar-refractivity contribution in [2.75, 3.05) is 17.7 Å². The highest BCUT2D eigenvalue weighted by Gasteiger charge is 2.18. The van der Waals surface area contributed by atoms with E-state index in [2.05, 4.69) is 34.8 Å². The zero-order valence-corrected chi connectivity index (χ0v) is 19.3. The smallest absolute Gasteiger partial charge is 0.340 e. The van der Waals surface area contributed by atoms with Crippen molar-refractivity contribution >= 4 is 45.3 Å². The fourth-order valence-electron chi connectivity index (χ4n) is 3.23. The van der Waals surface area contributed by atoms with Gasteiger partial charge >= 0.3 is 5.97 Å². The van der Waals surface area contributed by atoms with Crippen molar-refractivity contribution < 1.29 is 9.53 Å². The molecule has 0 atom stereocenters. The number of nitrogens with one attached hydrogen (secondary N) is 2. The summed E-state index contributed by atoms with van der Waals surface area (Å²) in [4.78, 5) is 13.2. The Balaban J connectivity index is 1.47. The van der Waals surface area contributed by atoms with E-state index in [0.29, 0.717) is 22.2 Å². The molecule has 0 radical (unpaired) electrons. The Hall–Kier alpha value is -3.49. The zero-order valence-electron chi connectivity index (χ0n) is 17.7. The van der Waals surface area contributed by atoms with Crippen LogP contribution in [-0.2, 0) is 11.3 Å². The summed E-state index contributed by atoms with van der Waals surface area (Å²) >= 11 is 6.92. The van der Waals surface area contributed by atoms with Gasteiger partial charge in [0.15, 0.2) is 5.11 Å². The minimum absolute atomic E-state index is 0.368. The van der Waals surface area contributed by atoms with Crippen LogP contribution in [0.15, 0.2) is 73.1 Å². The predicted molar refractivity (Wildman–Crippen MR) is 133 cm³/mol. The Morgan fingerprint density at radius 2 is 1.88 bits per heavy atom. The van der Waals surface area contributed by atoms with E-state index in [1.54, 1.807) is 6.20 Å². The number of ether oxygens (including phenoxy) is 1. The molecule has 4 rings (SSSR count). The number of thiophene rings is 1. The normalized spacial score (nSPS) is 10.6. The number of methoxy groups -OCH3 is 1. The SMILES string of the molecule is COC(=O)c1cc(-c2ccccc2)sc1NC(=S)Nc1cnn(Cc2ccccc2C)c1. The van der Waals surface area contributed by atoms with Gasteiger partial charge in [0.1, 0.15) is 5.00 Å². The second kappa shape index (κ2) is 9.76. The number of carbonyl (C=O) groups excluding carboxylic acids is 1. The first-order chi connectivity index (χ1) is 15.5. The van der Waals surface area contributed by atoms with Gasteiger partial charge in [0.2, 0.25) is 0 Å². The molecule has 2 aromatic carbocycles. The minimum atomic E-state index is -0.417. The van der Waals surface area contributed by atoms with E-state index in [4.69, 9.17) is 17.0 Å². The molecule has 6 nitrogen and oxygen atoms in total. The first kappa shape index (κ1) is 21.7. The zero-order chi connectivity index (χ0) is 22.5. The number of hydrogen-bond acceptors (Lipinski definition) is 5. The van der Waals surface area contributed by atoms with Gasteiger partial charge in [-0.3, -0.25) is 4.68 Å². The molecule has 0 saturated heterocycles. The first-order valence-corrected chi connectivity index (χ1v) is 11.2. The van der Waals surface area contributed by atoms with Crippen LogP contribution in [0.3, 0.4) is 0 Å². The number of rotatable bonds is 6. The first-order valence-electron chi connectivity index (χ1n) is 9.96. The number of thiocarbonyl (C=S) groups is 1. The van der Waals surface area contributed by atoms with E-state index in [1.165, 1.54) is 29.6 Å². The summed E-state index contributed by atoms with van der Waals surface area (Å²) in [6, 6.07) is 19.9. The number of esters is 1. The average Bonchev–Trinajstić information content (AvgIpc) is 3.42. The van der Waals surface area contributed by atoms with Gasteiger partial charge in [-0.05, 0) is 41.9 Å². The highest BCUT2D eigenvalue weighted by molar-refractivity contribution is 7.80. The van der Waals surface area contributed by atoms with Gasteiger partial charge in [-0.2, -0.15) is 5.10 Å². The van der Waals surface area contributed by atoms with Gasteiger partial charge in [0.25, 0.3) is 0 Å². The molecule has 0 aliphatic heterocycles. The van der Waals surface area contributed by atoms with Crippen molar-refractivity contribution in [3.05, 3.63) is 89.7 Å². The summed E-state index contributed by atoms with van der Waals surface area (Å²) in [6.07, 6.45) is 3.61. The van der Waals surface area contributed by atoms with Gasteiger partial charge in [0.05, 0.1) is 31.1 Å². The van der Waals surface area contributed by atoms with Crippen LogP contribution in [0.25, 0.3) is 10.4 Å². The molecule has 4 aromatic rings. The molecule has 2 N–H and O–H groups in total. The summed E-state index contributed by atoms with van der Waals surface area (Å²) in [5.41, 5.74) is 4.65. The van der Waals surface area contributed by atoms with E-state index in [1.807, 2.05) is 59.4 Å². The molecule has 0 amide bonds. The molecule has 8 heteroatoms. The molecule has 0 spiro atoms. The molecule has 0 aliphatic rings. The van der Waals surface area contributed by atoms with E-state index in [0.717, 1.165) is 16.1 Å². The number of anilines is 2. The monoisotopic (exact) mass is 462 g/mol. The van der Waals surface area contributed by atoms with E-state index in [9.17, 15) is 4.79 Å². The van der Waals surface area contributed by atoms with Gasteiger partial charge in [-0.15, -0.1) is 11.3 Å². The van der Waals surface area contributed by atoms with Crippen LogP contribution in [-0.4, -0.2) is 28.0 Å². The molecule has 0 saturated carbocycles. The number of benzene rings is 2. The molecule has 32 heavy (non-hydrogen) atoms. The van der Waals surface area contributed by atoms with Crippen LogP contribution in [0, 0.1) is 6.92 Å². The Kier molecular flexibility index (Phi) is 6.63. The molecular weight excluding hydrogens is 440 g/mol. The fourth-order valence-corrected chi connectivity index (χ4v) is 4.57. The van der Waals surface area contributed by atoms with Crippen LogP contribution in [0.5, 0.6) is 0 Å². The molecule has 0 bridgehead atoms. The Bertz CT molecular complexity index is 1250. The third kappa shape index (κ3) is 5.04. The number of aryl methyl sites for hydroxylation is 1. The van der Waals surface area contributed by atoms with E-state index < -0.39 is 5.97 Å². The van der Waals surface area contributed by atoms with Crippen LogP contribution in [0.4, 0.5) is 10.7 Å². The number of carbonyl (C=O) groups is 1. The summed E-state index contributed by atoms with van der Waals surface area (Å²) in [5.74, 6) is -0.417. The van der Waals surface area contributed by atoms with Crippen molar-refractivity contribution in [1.82, 2.24) is 9.78 Å². The highest BCUT2D eigenvalue weighted by atomic mass is 32.1. The largest absolute Gasteiger partial charge is 0.465 e. The number of hydrogen-bond donors (Lipinski definition) is 2. The number of nitrogens with zero attached hydrogens (tertiary/aromatic N) is 2. The minimum Gasteiger partial charge on any atom is -0.465 e. The lowest BCUT2D eigenvalue weighted by Gasteiger charge is -2.09. The maximum absolute atomic E-state index is 12.3. The average molecular weight is 463 g/mol. The second-order valence-corrected chi connectivity index (χ2v) is 8.60. The van der Waals surface area contributed by atoms with Crippen molar-refractivity contribution in [2.45, 2.75) is 13.5 Å². The molecule has 2 aromatic heterocycles. The summed E-state index contributed by atoms with van der Waals surface area (Å²) in [5, 5.41) is 11.7. The fraction of sp³-hybridized carbons (Fsp3) is 0.125. The van der Waals surface area contributed by atoms with Gasteiger partial charge in [-0.1, -0.05) is 54.6 Å². The van der Waals surface area contributed by atoms with Crippen LogP contribution >= 0.6 is 23.6 Å². The topological polar surface area (TPSA) is 68.2 Å². The summed E-state index contributed by atoms with van der Waals surface area (Å²) < 4.78 is 6.80. The van der Waals surface area contributed by atoms with E-state index in [-0.39, 0.29) is 0 Å². The lowest BCUT2D eigenvalue weighted by molar-refractivity contribution is 0.0602. The Labute approximate surface area is 195 Å². The van der Waals surface area contributed by atoms with Crippen molar-refractivity contribution in [3.8, 4) is 10.4 Å². The summed E-state index contributed by atoms with van der Waals surface area (Å²) in [7, 11) is 1.37. The molecule has 162 valence electrons. The van der Waals surface area contributed by atoms with E-state index >= 15 is 0 Å².